The quantitative estimate of drug-likeness (QED) is 0.626. The number of pyridine rings is 1. The van der Waals surface area contributed by atoms with Crippen molar-refractivity contribution in [1.82, 2.24) is 15.6 Å². The van der Waals surface area contributed by atoms with Gasteiger partial charge in [0.05, 0.1) is 0 Å². The van der Waals surface area contributed by atoms with Crippen molar-refractivity contribution in [3.63, 3.8) is 0 Å². The van der Waals surface area contributed by atoms with Crippen LogP contribution in [0.5, 0.6) is 0 Å². The molecule has 0 saturated carbocycles. The van der Waals surface area contributed by atoms with Gasteiger partial charge in [0.1, 0.15) is 0 Å². The highest BCUT2D eigenvalue weighted by Crippen LogP contribution is 1.92. The normalized spacial score (nSPS) is 9.44. The van der Waals surface area contributed by atoms with Crippen LogP contribution in [0.3, 0.4) is 0 Å². The topological polar surface area (TPSA) is 57.2 Å². The van der Waals surface area contributed by atoms with E-state index in [2.05, 4.69) is 15.6 Å². The van der Waals surface area contributed by atoms with Crippen LogP contribution in [0.15, 0.2) is 24.5 Å². The van der Waals surface area contributed by atoms with Crippen LogP contribution < -0.4 is 10.6 Å². The highest BCUT2D eigenvalue weighted by molar-refractivity contribution is 5.08. The van der Waals surface area contributed by atoms with Crippen LogP contribution in [0.25, 0.3) is 0 Å². The maximum absolute atomic E-state index is 8.27. The molecule has 0 aliphatic carbocycles. The molecule has 92 valence electrons. The molecule has 0 aliphatic rings. The van der Waals surface area contributed by atoms with Gasteiger partial charge in [0, 0.05) is 25.5 Å². The molecule has 0 amide bonds. The fraction of sp³-hybridized carbons (Fsp3) is 0.583. The predicted molar refractivity (Wildman–Crippen MR) is 67.2 cm³/mol. The van der Waals surface area contributed by atoms with Gasteiger partial charge in [-0.25, -0.2) is 0 Å². The molecule has 1 rings (SSSR count). The maximum Gasteiger partial charge on any atom is 0.0431 e. The molecule has 0 unspecified atom stereocenters. The standard InChI is InChI=1S/C7H10N2.C5H13NO/c1-8-6-7-2-4-9-5-3-7;1-6-4-2-3-5-7/h2-5,8H,6H2,1H3;6-7H,2-5H2,1H3. The molecule has 0 atom stereocenters. The smallest absolute Gasteiger partial charge is 0.0431 e. The molecule has 0 spiro atoms. The number of aliphatic hydroxyl groups is 1. The monoisotopic (exact) mass is 225 g/mol. The SMILES string of the molecule is CNCCCCO.CNCc1ccncc1. The van der Waals surface area contributed by atoms with Crippen LogP contribution in [0.2, 0.25) is 0 Å². The van der Waals surface area contributed by atoms with Gasteiger partial charge in [0.25, 0.3) is 0 Å². The van der Waals surface area contributed by atoms with Gasteiger partial charge in [-0.05, 0) is 51.2 Å². The molecule has 0 bridgehead atoms. The van der Waals surface area contributed by atoms with Gasteiger partial charge in [0.15, 0.2) is 0 Å². The Hall–Kier alpha value is -0.970. The highest BCUT2D eigenvalue weighted by atomic mass is 16.2. The lowest BCUT2D eigenvalue weighted by Crippen LogP contribution is -2.07. The van der Waals surface area contributed by atoms with Crippen molar-refractivity contribution in [2.45, 2.75) is 19.4 Å². The van der Waals surface area contributed by atoms with E-state index in [9.17, 15) is 0 Å². The zero-order valence-corrected chi connectivity index (χ0v) is 10.2. The Morgan fingerprint density at radius 2 is 1.81 bits per heavy atom. The maximum atomic E-state index is 8.27. The fourth-order valence-corrected chi connectivity index (χ4v) is 1.12. The van der Waals surface area contributed by atoms with Crippen molar-refractivity contribution >= 4 is 0 Å². The minimum atomic E-state index is 0.321. The predicted octanol–water partition coefficient (Wildman–Crippen LogP) is 0.779. The van der Waals surface area contributed by atoms with Crippen LogP contribution in [-0.4, -0.2) is 37.3 Å². The van der Waals surface area contributed by atoms with E-state index in [1.165, 1.54) is 5.56 Å². The second-order valence-corrected chi connectivity index (χ2v) is 3.42. The average molecular weight is 225 g/mol. The van der Waals surface area contributed by atoms with Crippen LogP contribution >= 0.6 is 0 Å². The molecule has 0 fully saturated rings. The van der Waals surface area contributed by atoms with Gasteiger partial charge in [-0.3, -0.25) is 4.98 Å². The Morgan fingerprint density at radius 1 is 1.12 bits per heavy atom. The molecule has 0 aromatic carbocycles. The van der Waals surface area contributed by atoms with E-state index in [0.717, 1.165) is 25.9 Å². The van der Waals surface area contributed by atoms with E-state index in [1.54, 1.807) is 12.4 Å². The molecule has 1 aromatic rings. The summed E-state index contributed by atoms with van der Waals surface area (Å²) < 4.78 is 0. The lowest BCUT2D eigenvalue weighted by Gasteiger charge is -1.95. The number of nitrogens with one attached hydrogen (secondary N) is 2. The number of nitrogens with zero attached hydrogens (tertiary/aromatic N) is 1. The van der Waals surface area contributed by atoms with Gasteiger partial charge >= 0.3 is 0 Å². The summed E-state index contributed by atoms with van der Waals surface area (Å²) in [5.41, 5.74) is 1.27. The van der Waals surface area contributed by atoms with Crippen molar-refractivity contribution in [1.29, 1.82) is 0 Å². The summed E-state index contributed by atoms with van der Waals surface area (Å²) in [5, 5.41) is 14.3. The van der Waals surface area contributed by atoms with Crippen molar-refractivity contribution < 1.29 is 5.11 Å². The summed E-state index contributed by atoms with van der Waals surface area (Å²) >= 11 is 0. The Labute approximate surface area is 98.1 Å². The van der Waals surface area contributed by atoms with Gasteiger partial charge in [-0.15, -0.1) is 0 Å². The number of hydrogen-bond donors (Lipinski definition) is 3. The summed E-state index contributed by atoms with van der Waals surface area (Å²) in [7, 11) is 3.85. The van der Waals surface area contributed by atoms with Crippen molar-refractivity contribution in [3.8, 4) is 0 Å². The third kappa shape index (κ3) is 9.58. The molecular formula is C12H23N3O. The molecule has 3 N–H and O–H groups in total. The molecule has 0 radical (unpaired) electrons. The van der Waals surface area contributed by atoms with Crippen LogP contribution in [-0.2, 0) is 6.54 Å². The summed E-state index contributed by atoms with van der Waals surface area (Å²) in [4.78, 5) is 3.90. The van der Waals surface area contributed by atoms with E-state index in [0.29, 0.717) is 6.61 Å². The molecule has 0 aliphatic heterocycles. The number of hydrogen-bond acceptors (Lipinski definition) is 4. The van der Waals surface area contributed by atoms with Crippen LogP contribution in [0, 0.1) is 0 Å². The van der Waals surface area contributed by atoms with Crippen LogP contribution in [0.4, 0.5) is 0 Å². The number of aliphatic hydroxyl groups excluding tert-OH is 1. The number of unbranched alkanes of at least 4 members (excludes halogenated alkanes) is 1. The Morgan fingerprint density at radius 3 is 2.31 bits per heavy atom. The highest BCUT2D eigenvalue weighted by Gasteiger charge is 1.84. The first kappa shape index (κ1) is 15.0. The van der Waals surface area contributed by atoms with Crippen molar-refractivity contribution in [2.75, 3.05) is 27.2 Å². The van der Waals surface area contributed by atoms with Crippen LogP contribution in [0.1, 0.15) is 18.4 Å². The summed E-state index contributed by atoms with van der Waals surface area (Å²) in [6.45, 7) is 2.25. The molecule has 16 heavy (non-hydrogen) atoms. The minimum absolute atomic E-state index is 0.321. The van der Waals surface area contributed by atoms with E-state index >= 15 is 0 Å². The Kier molecular flexibility index (Phi) is 11.4. The first-order chi connectivity index (χ1) is 7.85. The fourth-order valence-electron chi connectivity index (χ4n) is 1.12. The van der Waals surface area contributed by atoms with Gasteiger partial charge < -0.3 is 15.7 Å². The largest absolute Gasteiger partial charge is 0.396 e. The molecule has 1 heterocycles. The molecular weight excluding hydrogens is 202 g/mol. The lowest BCUT2D eigenvalue weighted by molar-refractivity contribution is 0.284. The molecule has 0 saturated heterocycles. The second kappa shape index (κ2) is 12.1. The third-order valence-corrected chi connectivity index (χ3v) is 1.97. The number of aromatic nitrogens is 1. The third-order valence-electron chi connectivity index (χ3n) is 1.97. The summed E-state index contributed by atoms with van der Waals surface area (Å²) in [6.07, 6.45) is 5.59. The Balaban J connectivity index is 0.000000293. The zero-order valence-electron chi connectivity index (χ0n) is 10.2. The van der Waals surface area contributed by atoms with Gasteiger partial charge in [-0.1, -0.05) is 0 Å². The van der Waals surface area contributed by atoms with E-state index < -0.39 is 0 Å². The second-order valence-electron chi connectivity index (χ2n) is 3.42. The molecule has 4 heteroatoms. The lowest BCUT2D eigenvalue weighted by atomic mass is 10.3. The first-order valence-electron chi connectivity index (χ1n) is 5.64. The summed E-state index contributed by atoms with van der Waals surface area (Å²) in [5.74, 6) is 0. The van der Waals surface area contributed by atoms with Crippen molar-refractivity contribution in [2.24, 2.45) is 0 Å². The number of rotatable bonds is 6. The zero-order chi connectivity index (χ0) is 12.1. The van der Waals surface area contributed by atoms with E-state index in [4.69, 9.17) is 5.11 Å². The molecule has 1 aromatic heterocycles. The minimum Gasteiger partial charge on any atom is -0.396 e. The van der Waals surface area contributed by atoms with Gasteiger partial charge in [-0.2, -0.15) is 0 Å². The van der Waals surface area contributed by atoms with Gasteiger partial charge in [0.2, 0.25) is 0 Å². The van der Waals surface area contributed by atoms with Crippen molar-refractivity contribution in [3.05, 3.63) is 30.1 Å². The average Bonchev–Trinajstić information content (AvgIpc) is 2.32. The Bertz CT molecular complexity index is 225. The van der Waals surface area contributed by atoms with E-state index in [-0.39, 0.29) is 0 Å². The first-order valence-corrected chi connectivity index (χ1v) is 5.64. The summed E-state index contributed by atoms with van der Waals surface area (Å²) in [6, 6.07) is 3.99. The van der Waals surface area contributed by atoms with E-state index in [1.807, 2.05) is 26.2 Å². The molecule has 4 nitrogen and oxygen atoms in total.